The Morgan fingerprint density at radius 1 is 1.13 bits per heavy atom. The number of aromatic nitrogens is 1. The van der Waals surface area contributed by atoms with Gasteiger partial charge in [-0.1, -0.05) is 42.5 Å². The van der Waals surface area contributed by atoms with Crippen LogP contribution in [0.1, 0.15) is 35.5 Å². The van der Waals surface area contributed by atoms with Gasteiger partial charge in [0.05, 0.1) is 12.0 Å². The van der Waals surface area contributed by atoms with E-state index in [1.807, 2.05) is 66.9 Å². The first-order valence-corrected chi connectivity index (χ1v) is 10.7. The van der Waals surface area contributed by atoms with Crippen LogP contribution in [-0.2, 0) is 11.3 Å². The first-order valence-electron chi connectivity index (χ1n) is 9.85. The molecule has 0 aliphatic heterocycles. The van der Waals surface area contributed by atoms with Crippen LogP contribution in [0.25, 0.3) is 0 Å². The van der Waals surface area contributed by atoms with Crippen molar-refractivity contribution in [2.45, 2.75) is 26.4 Å². The lowest BCUT2D eigenvalue weighted by Crippen LogP contribution is -2.83. The fourth-order valence-corrected chi connectivity index (χ4v) is 4.37. The topological polar surface area (TPSA) is 63.0 Å². The number of amides is 1. The van der Waals surface area contributed by atoms with Gasteiger partial charge in [0.1, 0.15) is 12.2 Å². The first kappa shape index (κ1) is 20.1. The molecule has 2 aromatic carbocycles. The number of hydrogen-bond acceptors (Lipinski definition) is 4. The van der Waals surface area contributed by atoms with E-state index in [2.05, 4.69) is 17.4 Å². The minimum atomic E-state index is -0.0526. The van der Waals surface area contributed by atoms with Gasteiger partial charge < -0.3 is 9.73 Å². The quantitative estimate of drug-likeness (QED) is 0.478. The second kappa shape index (κ2) is 9.07. The Balaban J connectivity index is 1.54. The molecule has 0 saturated heterocycles. The van der Waals surface area contributed by atoms with Gasteiger partial charge in [-0.15, -0.1) is 11.3 Å². The van der Waals surface area contributed by atoms with Crippen LogP contribution in [0.5, 0.6) is 0 Å². The molecule has 152 valence electrons. The molecule has 30 heavy (non-hydrogen) atoms. The number of thiazole rings is 1. The summed E-state index contributed by atoms with van der Waals surface area (Å²) in [7, 11) is 0. The molecule has 4 rings (SSSR count). The van der Waals surface area contributed by atoms with E-state index in [9.17, 15) is 4.79 Å². The van der Waals surface area contributed by atoms with Crippen LogP contribution in [0, 0.1) is 6.92 Å². The normalized spacial score (nSPS) is 11.9. The Kier molecular flexibility index (Phi) is 6.07. The number of nitrogens with zero attached hydrogens (tertiary/aromatic N) is 2. The largest absolute Gasteiger partial charge is 0.463 e. The minimum absolute atomic E-state index is 0.0482. The fraction of sp³-hybridized carbons (Fsp3) is 0.167. The number of quaternary nitrogens is 1. The summed E-state index contributed by atoms with van der Waals surface area (Å²) in [6.07, 6.45) is 1.70. The average molecular weight is 419 g/mol. The van der Waals surface area contributed by atoms with Crippen molar-refractivity contribution in [3.63, 3.8) is 0 Å². The summed E-state index contributed by atoms with van der Waals surface area (Å²) in [5.41, 5.74) is 4.05. The summed E-state index contributed by atoms with van der Waals surface area (Å²) >= 11 is 1.48. The Labute approximate surface area is 180 Å². The van der Waals surface area contributed by atoms with E-state index in [1.54, 1.807) is 18.1 Å². The molecule has 0 bridgehead atoms. The maximum Gasteiger partial charge on any atom is 0.230 e. The molecule has 0 spiro atoms. The molecule has 0 fully saturated rings. The fourth-order valence-electron chi connectivity index (χ4n) is 3.47. The van der Waals surface area contributed by atoms with Gasteiger partial charge in [0.2, 0.25) is 5.91 Å². The number of nitrogens with two attached hydrogens (primary N) is 1. The molecule has 6 heteroatoms. The van der Waals surface area contributed by atoms with Crippen molar-refractivity contribution in [2.75, 3.05) is 4.90 Å². The van der Waals surface area contributed by atoms with Crippen molar-refractivity contribution in [2.24, 2.45) is 0 Å². The number of furan rings is 1. The summed E-state index contributed by atoms with van der Waals surface area (Å²) in [5.74, 6) is 0.852. The zero-order valence-electron chi connectivity index (χ0n) is 17.0. The van der Waals surface area contributed by atoms with Gasteiger partial charge in [0.25, 0.3) is 0 Å². The van der Waals surface area contributed by atoms with Gasteiger partial charge in [-0.2, -0.15) is 0 Å². The lowest BCUT2D eigenvalue weighted by atomic mass is 10.0. The van der Waals surface area contributed by atoms with Crippen LogP contribution in [0.2, 0.25) is 0 Å². The molecule has 0 saturated carbocycles. The van der Waals surface area contributed by atoms with Crippen molar-refractivity contribution in [1.82, 2.24) is 4.98 Å². The lowest BCUT2D eigenvalue weighted by Gasteiger charge is -2.18. The van der Waals surface area contributed by atoms with Crippen molar-refractivity contribution in [1.29, 1.82) is 0 Å². The predicted molar refractivity (Wildman–Crippen MR) is 119 cm³/mol. The lowest BCUT2D eigenvalue weighted by molar-refractivity contribution is -0.704. The third-order valence-electron chi connectivity index (χ3n) is 4.88. The smallest absolute Gasteiger partial charge is 0.230 e. The van der Waals surface area contributed by atoms with E-state index in [0.29, 0.717) is 11.7 Å². The van der Waals surface area contributed by atoms with E-state index in [4.69, 9.17) is 9.40 Å². The highest BCUT2D eigenvalue weighted by Crippen LogP contribution is 2.29. The van der Waals surface area contributed by atoms with E-state index >= 15 is 0 Å². The highest BCUT2D eigenvalue weighted by molar-refractivity contribution is 7.14. The second-order valence-electron chi connectivity index (χ2n) is 7.16. The summed E-state index contributed by atoms with van der Waals surface area (Å²) in [6, 6.07) is 22.1. The predicted octanol–water partition coefficient (Wildman–Crippen LogP) is 4.58. The SMILES string of the molecule is CC(=O)N(c1cccc(C)c1)c1nc(C[NH2+][C@H](c2ccccc2)c2ccco2)cs1. The summed E-state index contributed by atoms with van der Waals surface area (Å²) in [6.45, 7) is 4.26. The van der Waals surface area contributed by atoms with Gasteiger partial charge in [0, 0.05) is 17.9 Å². The molecular weight excluding hydrogens is 394 g/mol. The average Bonchev–Trinajstić information content (AvgIpc) is 3.42. The number of benzene rings is 2. The number of carbonyl (C=O) groups is 1. The molecule has 0 aliphatic rings. The molecule has 2 heterocycles. The van der Waals surface area contributed by atoms with Crippen molar-refractivity contribution < 1.29 is 14.5 Å². The van der Waals surface area contributed by atoms with Crippen molar-refractivity contribution in [3.8, 4) is 0 Å². The summed E-state index contributed by atoms with van der Waals surface area (Å²) < 4.78 is 5.68. The van der Waals surface area contributed by atoms with Crippen molar-refractivity contribution >= 4 is 28.1 Å². The molecule has 2 aromatic heterocycles. The standard InChI is InChI=1S/C24H23N3O2S/c1-17-8-6-11-21(14-17)27(18(2)28)24-26-20(16-30-24)15-25-23(22-12-7-13-29-22)19-9-4-3-5-10-19/h3-14,16,23,25H,15H2,1-2H3/p+1/t23-/m1/s1. The van der Waals surface area contributed by atoms with Crippen LogP contribution in [0.3, 0.4) is 0 Å². The van der Waals surface area contributed by atoms with E-state index < -0.39 is 0 Å². The molecule has 0 aliphatic carbocycles. The van der Waals surface area contributed by atoms with Gasteiger partial charge in [-0.25, -0.2) is 4.98 Å². The number of rotatable bonds is 7. The molecule has 2 N–H and O–H groups in total. The Bertz CT molecular complexity index is 1110. The highest BCUT2D eigenvalue weighted by Gasteiger charge is 2.22. The molecule has 0 unspecified atom stereocenters. The van der Waals surface area contributed by atoms with Crippen LogP contribution in [0.4, 0.5) is 10.8 Å². The zero-order chi connectivity index (χ0) is 20.9. The van der Waals surface area contributed by atoms with Crippen molar-refractivity contribution in [3.05, 3.63) is 101 Å². The molecule has 0 radical (unpaired) electrons. The van der Waals surface area contributed by atoms with Crippen LogP contribution >= 0.6 is 11.3 Å². The van der Waals surface area contributed by atoms with E-state index in [-0.39, 0.29) is 11.9 Å². The Morgan fingerprint density at radius 2 is 1.97 bits per heavy atom. The molecular formula is C24H24N3O2S+. The summed E-state index contributed by atoms with van der Waals surface area (Å²) in [4.78, 5) is 18.8. The monoisotopic (exact) mass is 418 g/mol. The van der Waals surface area contributed by atoms with Crippen LogP contribution in [-0.4, -0.2) is 10.9 Å². The van der Waals surface area contributed by atoms with Gasteiger partial charge >= 0.3 is 0 Å². The van der Waals surface area contributed by atoms with Gasteiger partial charge in [-0.05, 0) is 36.8 Å². The first-order chi connectivity index (χ1) is 14.6. The van der Waals surface area contributed by atoms with Crippen LogP contribution in [0.15, 0.2) is 82.8 Å². The molecule has 5 nitrogen and oxygen atoms in total. The number of hydrogen-bond donors (Lipinski definition) is 1. The number of carbonyl (C=O) groups excluding carboxylic acids is 1. The molecule has 4 aromatic rings. The molecule has 1 atom stereocenters. The second-order valence-corrected chi connectivity index (χ2v) is 8.00. The third kappa shape index (κ3) is 4.50. The Hall–Kier alpha value is -3.22. The third-order valence-corrected chi connectivity index (χ3v) is 5.75. The molecule has 1 amide bonds. The van der Waals surface area contributed by atoms with E-state index in [0.717, 1.165) is 22.7 Å². The number of anilines is 2. The van der Waals surface area contributed by atoms with Crippen LogP contribution < -0.4 is 10.2 Å². The number of aryl methyl sites for hydroxylation is 1. The maximum atomic E-state index is 12.3. The van der Waals surface area contributed by atoms with E-state index in [1.165, 1.54) is 16.9 Å². The zero-order valence-corrected chi connectivity index (χ0v) is 17.8. The maximum absolute atomic E-state index is 12.3. The van der Waals surface area contributed by atoms with Gasteiger partial charge in [-0.3, -0.25) is 9.69 Å². The summed E-state index contributed by atoms with van der Waals surface area (Å²) in [5, 5.41) is 4.91. The highest BCUT2D eigenvalue weighted by atomic mass is 32.1. The van der Waals surface area contributed by atoms with Gasteiger partial charge in [0.15, 0.2) is 16.9 Å². The minimum Gasteiger partial charge on any atom is -0.463 e. The Morgan fingerprint density at radius 3 is 2.67 bits per heavy atom.